The molecule has 0 aliphatic carbocycles. The number of methoxy groups -OCH3 is 1. The highest BCUT2D eigenvalue weighted by atomic mass is 16.5. The number of anilines is 2. The number of aryl methyl sites for hydroxylation is 3. The van der Waals surface area contributed by atoms with E-state index in [1.807, 2.05) is 43.3 Å². The first-order chi connectivity index (χ1) is 14.0. The van der Waals surface area contributed by atoms with E-state index in [0.717, 1.165) is 24.1 Å². The fourth-order valence-corrected chi connectivity index (χ4v) is 3.04. The minimum Gasteiger partial charge on any atom is -0.495 e. The van der Waals surface area contributed by atoms with Crippen molar-refractivity contribution < 1.29 is 9.53 Å². The smallest absolute Gasteiger partial charge is 0.270 e. The highest BCUT2D eigenvalue weighted by Crippen LogP contribution is 2.28. The molecule has 6 nitrogen and oxygen atoms in total. The molecule has 1 heterocycles. The second kappa shape index (κ2) is 9.68. The molecule has 2 aromatic carbocycles. The summed E-state index contributed by atoms with van der Waals surface area (Å²) in [5.74, 6) is 1.58. The van der Waals surface area contributed by atoms with Crippen molar-refractivity contribution in [1.82, 2.24) is 15.3 Å². The van der Waals surface area contributed by atoms with Gasteiger partial charge in [-0.25, -0.2) is 9.97 Å². The summed E-state index contributed by atoms with van der Waals surface area (Å²) in [6.07, 6.45) is 1.79. The average Bonchev–Trinajstić information content (AvgIpc) is 2.71. The fraction of sp³-hybridized carbons (Fsp3) is 0.261. The molecule has 0 aliphatic rings. The summed E-state index contributed by atoms with van der Waals surface area (Å²) in [5.41, 5.74) is 3.49. The van der Waals surface area contributed by atoms with Gasteiger partial charge in [0.05, 0.1) is 12.8 Å². The Morgan fingerprint density at radius 1 is 1.03 bits per heavy atom. The average molecular weight is 390 g/mol. The van der Waals surface area contributed by atoms with E-state index in [0.29, 0.717) is 29.6 Å². The van der Waals surface area contributed by atoms with E-state index < -0.39 is 0 Å². The van der Waals surface area contributed by atoms with Gasteiger partial charge in [0.25, 0.3) is 5.91 Å². The number of hydrogen-bond donors (Lipinski definition) is 2. The molecule has 0 saturated heterocycles. The lowest BCUT2D eigenvalue weighted by atomic mass is 10.1. The first-order valence-corrected chi connectivity index (χ1v) is 9.64. The van der Waals surface area contributed by atoms with E-state index in [4.69, 9.17) is 4.74 Å². The summed E-state index contributed by atoms with van der Waals surface area (Å²) in [6, 6.07) is 17.7. The summed E-state index contributed by atoms with van der Waals surface area (Å²) < 4.78 is 5.40. The summed E-state index contributed by atoms with van der Waals surface area (Å²) in [5, 5.41) is 6.17. The standard InChI is InChI=1S/C23H26N4O2/c1-16-11-12-21(29-3)19(14-16)27-22-15-20(25-17(2)26-22)23(28)24-13-7-10-18-8-5-4-6-9-18/h4-6,8-9,11-12,14-15H,7,10,13H2,1-3H3,(H,24,28)(H,25,26,27). The molecular weight excluding hydrogens is 364 g/mol. The number of nitrogens with one attached hydrogen (secondary N) is 2. The topological polar surface area (TPSA) is 76.1 Å². The lowest BCUT2D eigenvalue weighted by Crippen LogP contribution is -2.26. The SMILES string of the molecule is COc1ccc(C)cc1Nc1cc(C(=O)NCCCc2ccccc2)nc(C)n1. The molecule has 0 atom stereocenters. The predicted octanol–water partition coefficient (Wildman–Crippen LogP) is 4.21. The van der Waals surface area contributed by atoms with E-state index in [-0.39, 0.29) is 5.91 Å². The van der Waals surface area contributed by atoms with Gasteiger partial charge in [0.2, 0.25) is 0 Å². The minimum atomic E-state index is -0.206. The Labute approximate surface area is 171 Å². The van der Waals surface area contributed by atoms with Crippen molar-refractivity contribution in [3.63, 3.8) is 0 Å². The second-order valence-electron chi connectivity index (χ2n) is 6.86. The largest absolute Gasteiger partial charge is 0.495 e. The molecule has 0 radical (unpaired) electrons. The van der Waals surface area contributed by atoms with Crippen LogP contribution in [0.5, 0.6) is 5.75 Å². The van der Waals surface area contributed by atoms with Crippen molar-refractivity contribution in [3.8, 4) is 5.75 Å². The van der Waals surface area contributed by atoms with E-state index in [2.05, 4.69) is 32.7 Å². The lowest BCUT2D eigenvalue weighted by Gasteiger charge is -2.13. The minimum absolute atomic E-state index is 0.206. The van der Waals surface area contributed by atoms with Gasteiger partial charge in [-0.1, -0.05) is 36.4 Å². The zero-order chi connectivity index (χ0) is 20.6. The molecule has 1 aromatic heterocycles. The monoisotopic (exact) mass is 390 g/mol. The van der Waals surface area contributed by atoms with Crippen LogP contribution in [0, 0.1) is 13.8 Å². The van der Waals surface area contributed by atoms with Crippen LogP contribution in [0.1, 0.15) is 33.9 Å². The first-order valence-electron chi connectivity index (χ1n) is 9.64. The van der Waals surface area contributed by atoms with Crippen LogP contribution < -0.4 is 15.4 Å². The van der Waals surface area contributed by atoms with Crippen LogP contribution in [0.4, 0.5) is 11.5 Å². The van der Waals surface area contributed by atoms with Crippen LogP contribution in [-0.4, -0.2) is 29.5 Å². The Morgan fingerprint density at radius 3 is 2.59 bits per heavy atom. The number of aromatic nitrogens is 2. The van der Waals surface area contributed by atoms with Crippen molar-refractivity contribution in [2.45, 2.75) is 26.7 Å². The summed E-state index contributed by atoms with van der Waals surface area (Å²) in [6.45, 7) is 4.36. The Balaban J connectivity index is 1.64. The molecule has 29 heavy (non-hydrogen) atoms. The number of carbonyl (C=O) groups excluding carboxylic acids is 1. The van der Waals surface area contributed by atoms with Gasteiger partial charge in [-0.3, -0.25) is 4.79 Å². The summed E-state index contributed by atoms with van der Waals surface area (Å²) in [4.78, 5) is 21.2. The molecule has 2 N–H and O–H groups in total. The van der Waals surface area contributed by atoms with E-state index in [9.17, 15) is 4.79 Å². The first kappa shape index (κ1) is 20.3. The number of hydrogen-bond acceptors (Lipinski definition) is 5. The van der Waals surface area contributed by atoms with Gasteiger partial charge >= 0.3 is 0 Å². The van der Waals surface area contributed by atoms with Crippen LogP contribution in [0.3, 0.4) is 0 Å². The Morgan fingerprint density at radius 2 is 1.83 bits per heavy atom. The molecule has 0 fully saturated rings. The Bertz CT molecular complexity index is 974. The molecule has 3 aromatic rings. The fourth-order valence-electron chi connectivity index (χ4n) is 3.04. The van der Waals surface area contributed by atoms with Crippen molar-refractivity contribution in [2.24, 2.45) is 0 Å². The third-order valence-corrected chi connectivity index (χ3v) is 4.46. The predicted molar refractivity (Wildman–Crippen MR) is 115 cm³/mol. The maximum atomic E-state index is 12.5. The number of rotatable bonds is 8. The number of amides is 1. The quantitative estimate of drug-likeness (QED) is 0.564. The summed E-state index contributed by atoms with van der Waals surface area (Å²) in [7, 11) is 1.62. The van der Waals surface area contributed by atoms with E-state index in [1.165, 1.54) is 5.56 Å². The third-order valence-electron chi connectivity index (χ3n) is 4.46. The van der Waals surface area contributed by atoms with E-state index >= 15 is 0 Å². The van der Waals surface area contributed by atoms with Gasteiger partial charge in [-0.2, -0.15) is 0 Å². The Kier molecular flexibility index (Phi) is 6.79. The normalized spacial score (nSPS) is 10.4. The van der Waals surface area contributed by atoms with Crippen molar-refractivity contribution >= 4 is 17.4 Å². The maximum Gasteiger partial charge on any atom is 0.270 e. The summed E-state index contributed by atoms with van der Waals surface area (Å²) >= 11 is 0. The molecule has 0 saturated carbocycles. The highest BCUT2D eigenvalue weighted by molar-refractivity contribution is 5.93. The van der Waals surface area contributed by atoms with Gasteiger partial charge in [0, 0.05) is 12.6 Å². The van der Waals surface area contributed by atoms with Gasteiger partial charge < -0.3 is 15.4 Å². The van der Waals surface area contributed by atoms with Gasteiger partial charge in [-0.15, -0.1) is 0 Å². The zero-order valence-corrected chi connectivity index (χ0v) is 17.0. The second-order valence-corrected chi connectivity index (χ2v) is 6.86. The Hall–Kier alpha value is -3.41. The van der Waals surface area contributed by atoms with Crippen LogP contribution in [-0.2, 0) is 6.42 Å². The molecule has 3 rings (SSSR count). The molecule has 0 aliphatic heterocycles. The molecule has 1 amide bonds. The number of carbonyl (C=O) groups is 1. The maximum absolute atomic E-state index is 12.5. The van der Waals surface area contributed by atoms with Crippen LogP contribution in [0.2, 0.25) is 0 Å². The molecule has 0 unspecified atom stereocenters. The van der Waals surface area contributed by atoms with Gasteiger partial charge in [0.15, 0.2) is 0 Å². The number of ether oxygens (including phenoxy) is 1. The van der Waals surface area contributed by atoms with Crippen LogP contribution in [0.15, 0.2) is 54.6 Å². The third kappa shape index (κ3) is 5.78. The number of benzene rings is 2. The van der Waals surface area contributed by atoms with Crippen LogP contribution >= 0.6 is 0 Å². The van der Waals surface area contributed by atoms with Gasteiger partial charge in [0.1, 0.15) is 23.1 Å². The molecule has 0 spiro atoms. The zero-order valence-electron chi connectivity index (χ0n) is 17.0. The molecule has 6 heteroatoms. The van der Waals surface area contributed by atoms with Gasteiger partial charge in [-0.05, 0) is 49.9 Å². The molecular formula is C23H26N4O2. The van der Waals surface area contributed by atoms with Crippen molar-refractivity contribution in [1.29, 1.82) is 0 Å². The number of nitrogens with zero attached hydrogens (tertiary/aromatic N) is 2. The van der Waals surface area contributed by atoms with Crippen molar-refractivity contribution in [2.75, 3.05) is 19.0 Å². The molecule has 150 valence electrons. The molecule has 0 bridgehead atoms. The highest BCUT2D eigenvalue weighted by Gasteiger charge is 2.12. The lowest BCUT2D eigenvalue weighted by molar-refractivity contribution is 0.0948. The van der Waals surface area contributed by atoms with Crippen LogP contribution in [0.25, 0.3) is 0 Å². The van der Waals surface area contributed by atoms with E-state index in [1.54, 1.807) is 20.1 Å². The van der Waals surface area contributed by atoms with Crippen molar-refractivity contribution in [3.05, 3.63) is 77.2 Å².